The molecule has 144 valence electrons. The van der Waals surface area contributed by atoms with Crippen LogP contribution in [0, 0.1) is 5.82 Å². The molecule has 0 aliphatic carbocycles. The van der Waals surface area contributed by atoms with Crippen molar-refractivity contribution in [2.24, 2.45) is 0 Å². The van der Waals surface area contributed by atoms with Crippen molar-refractivity contribution in [3.63, 3.8) is 0 Å². The molecule has 0 aliphatic rings. The van der Waals surface area contributed by atoms with Crippen molar-refractivity contribution in [3.05, 3.63) is 83.4 Å². The lowest BCUT2D eigenvalue weighted by Crippen LogP contribution is -2.30. The van der Waals surface area contributed by atoms with Crippen molar-refractivity contribution in [2.75, 3.05) is 13.7 Å². The minimum absolute atomic E-state index is 0.0323. The van der Waals surface area contributed by atoms with Gasteiger partial charge in [0, 0.05) is 13.6 Å². The molecule has 1 heterocycles. The number of halogens is 1. The summed E-state index contributed by atoms with van der Waals surface area (Å²) in [5.41, 5.74) is 1.82. The molecule has 0 saturated heterocycles. The summed E-state index contributed by atoms with van der Waals surface area (Å²) >= 11 is 0. The zero-order valence-corrected chi connectivity index (χ0v) is 15.3. The first-order valence-electron chi connectivity index (χ1n) is 8.61. The summed E-state index contributed by atoms with van der Waals surface area (Å²) in [6.45, 7) is 0.340. The van der Waals surface area contributed by atoms with E-state index in [1.54, 1.807) is 19.2 Å². The Morgan fingerprint density at radius 1 is 1.07 bits per heavy atom. The van der Waals surface area contributed by atoms with Gasteiger partial charge in [-0.1, -0.05) is 47.7 Å². The predicted octanol–water partition coefficient (Wildman–Crippen LogP) is 2.28. The number of benzene rings is 2. The van der Waals surface area contributed by atoms with E-state index in [9.17, 15) is 14.0 Å². The van der Waals surface area contributed by atoms with Crippen molar-refractivity contribution in [3.8, 4) is 0 Å². The van der Waals surface area contributed by atoms with Crippen molar-refractivity contribution in [1.29, 1.82) is 0 Å². The summed E-state index contributed by atoms with van der Waals surface area (Å²) in [6.07, 6.45) is 1.47. The van der Waals surface area contributed by atoms with Crippen LogP contribution in [0.2, 0.25) is 0 Å². The third-order valence-corrected chi connectivity index (χ3v) is 4.02. The second-order valence-corrected chi connectivity index (χ2v) is 6.24. The fourth-order valence-corrected chi connectivity index (χ4v) is 2.50. The van der Waals surface area contributed by atoms with Crippen LogP contribution in [0.25, 0.3) is 0 Å². The van der Waals surface area contributed by atoms with Crippen LogP contribution in [0.3, 0.4) is 0 Å². The molecule has 0 atom stereocenters. The predicted molar refractivity (Wildman–Crippen MR) is 98.7 cm³/mol. The summed E-state index contributed by atoms with van der Waals surface area (Å²) in [5, 5.41) is 7.69. The molecule has 3 rings (SSSR count). The van der Waals surface area contributed by atoms with E-state index in [0.29, 0.717) is 6.54 Å². The van der Waals surface area contributed by atoms with E-state index < -0.39 is 12.6 Å². The van der Waals surface area contributed by atoms with E-state index in [2.05, 4.69) is 10.3 Å². The lowest BCUT2D eigenvalue weighted by molar-refractivity contribution is -0.133. The van der Waals surface area contributed by atoms with Gasteiger partial charge in [0.1, 0.15) is 5.82 Å². The van der Waals surface area contributed by atoms with Gasteiger partial charge in [0.05, 0.1) is 12.7 Å². The van der Waals surface area contributed by atoms with Crippen LogP contribution < -0.4 is 0 Å². The Morgan fingerprint density at radius 3 is 2.50 bits per heavy atom. The highest BCUT2D eigenvalue weighted by Gasteiger charge is 2.16. The zero-order chi connectivity index (χ0) is 19.9. The molecular formula is C20H19FN4O3. The van der Waals surface area contributed by atoms with E-state index in [0.717, 1.165) is 11.1 Å². The maximum Gasteiger partial charge on any atom is 0.361 e. The Bertz CT molecular complexity index is 942. The van der Waals surface area contributed by atoms with Gasteiger partial charge >= 0.3 is 5.97 Å². The number of hydrogen-bond donors (Lipinski definition) is 0. The number of likely N-dealkylation sites (N-methyl/N-ethyl adjacent to an activating group) is 1. The normalized spacial score (nSPS) is 10.5. The molecule has 28 heavy (non-hydrogen) atoms. The molecule has 0 unspecified atom stereocenters. The molecule has 1 aromatic heterocycles. The number of amides is 1. The molecule has 0 aliphatic heterocycles. The highest BCUT2D eigenvalue weighted by atomic mass is 19.1. The van der Waals surface area contributed by atoms with Gasteiger partial charge in [0.15, 0.2) is 12.3 Å². The van der Waals surface area contributed by atoms with Crippen LogP contribution in [0.1, 0.15) is 21.6 Å². The Morgan fingerprint density at radius 2 is 1.79 bits per heavy atom. The number of rotatable bonds is 7. The van der Waals surface area contributed by atoms with Crippen LogP contribution in [0.15, 0.2) is 60.8 Å². The zero-order valence-electron chi connectivity index (χ0n) is 15.3. The van der Waals surface area contributed by atoms with Gasteiger partial charge in [-0.25, -0.2) is 13.9 Å². The summed E-state index contributed by atoms with van der Waals surface area (Å²) in [4.78, 5) is 25.6. The Kier molecular flexibility index (Phi) is 6.11. The highest BCUT2D eigenvalue weighted by Crippen LogP contribution is 2.07. The first-order valence-corrected chi connectivity index (χ1v) is 8.61. The quantitative estimate of drug-likeness (QED) is 0.586. The van der Waals surface area contributed by atoms with E-state index in [1.165, 1.54) is 27.9 Å². The smallest absolute Gasteiger partial charge is 0.361 e. The molecule has 8 heteroatoms. The second kappa shape index (κ2) is 8.90. The molecule has 0 N–H and O–H groups in total. The van der Waals surface area contributed by atoms with Gasteiger partial charge in [-0.05, 0) is 23.3 Å². The number of esters is 1. The molecule has 3 aromatic rings. The van der Waals surface area contributed by atoms with Gasteiger partial charge in [0.2, 0.25) is 0 Å². The standard InChI is InChI=1S/C20H19FN4O3/c1-24(11-16-7-9-17(21)10-8-16)19(26)14-28-20(27)18-13-25(23-22-18)12-15-5-3-2-4-6-15/h2-10,13H,11-12,14H2,1H3. The summed E-state index contributed by atoms with van der Waals surface area (Å²) in [7, 11) is 1.58. The summed E-state index contributed by atoms with van der Waals surface area (Å²) < 4.78 is 19.5. The van der Waals surface area contributed by atoms with Crippen molar-refractivity contribution >= 4 is 11.9 Å². The maximum absolute atomic E-state index is 12.9. The first kappa shape index (κ1) is 19.2. The molecule has 0 bridgehead atoms. The van der Waals surface area contributed by atoms with Crippen LogP contribution in [-0.2, 0) is 22.6 Å². The Balaban J connectivity index is 1.49. The highest BCUT2D eigenvalue weighted by molar-refractivity contribution is 5.89. The number of hydrogen-bond acceptors (Lipinski definition) is 5. The molecule has 0 saturated carbocycles. The molecular weight excluding hydrogens is 363 g/mol. The summed E-state index contributed by atoms with van der Waals surface area (Å²) in [6, 6.07) is 15.5. The number of carbonyl (C=O) groups is 2. The van der Waals surface area contributed by atoms with Crippen LogP contribution in [0.4, 0.5) is 4.39 Å². The number of ether oxygens (including phenoxy) is 1. The lowest BCUT2D eigenvalue weighted by atomic mass is 10.2. The van der Waals surface area contributed by atoms with Crippen LogP contribution in [-0.4, -0.2) is 45.4 Å². The van der Waals surface area contributed by atoms with Crippen molar-refractivity contribution in [2.45, 2.75) is 13.1 Å². The number of nitrogens with zero attached hydrogens (tertiary/aromatic N) is 4. The largest absolute Gasteiger partial charge is 0.451 e. The van der Waals surface area contributed by atoms with E-state index in [-0.39, 0.29) is 24.0 Å². The average molecular weight is 382 g/mol. The third-order valence-electron chi connectivity index (χ3n) is 4.02. The minimum Gasteiger partial charge on any atom is -0.451 e. The molecule has 0 fully saturated rings. The molecule has 2 aromatic carbocycles. The molecule has 0 radical (unpaired) electrons. The van der Waals surface area contributed by atoms with Crippen molar-refractivity contribution < 1.29 is 18.7 Å². The molecule has 7 nitrogen and oxygen atoms in total. The van der Waals surface area contributed by atoms with E-state index in [4.69, 9.17) is 4.74 Å². The third kappa shape index (κ3) is 5.23. The topological polar surface area (TPSA) is 77.3 Å². The van der Waals surface area contributed by atoms with E-state index in [1.807, 2.05) is 30.3 Å². The molecule has 0 spiro atoms. The van der Waals surface area contributed by atoms with Gasteiger partial charge in [-0.2, -0.15) is 0 Å². The monoisotopic (exact) mass is 382 g/mol. The van der Waals surface area contributed by atoms with Gasteiger partial charge < -0.3 is 9.64 Å². The Labute approximate surface area is 161 Å². The second-order valence-electron chi connectivity index (χ2n) is 6.24. The van der Waals surface area contributed by atoms with Gasteiger partial charge in [-0.15, -0.1) is 5.10 Å². The van der Waals surface area contributed by atoms with Gasteiger partial charge in [0.25, 0.3) is 5.91 Å². The minimum atomic E-state index is -0.720. The lowest BCUT2D eigenvalue weighted by Gasteiger charge is -2.17. The number of carbonyl (C=O) groups excluding carboxylic acids is 2. The first-order chi connectivity index (χ1) is 13.5. The van der Waals surface area contributed by atoms with Gasteiger partial charge in [-0.3, -0.25) is 4.79 Å². The van der Waals surface area contributed by atoms with Crippen LogP contribution >= 0.6 is 0 Å². The SMILES string of the molecule is CN(Cc1ccc(F)cc1)C(=O)COC(=O)c1cn(Cc2ccccc2)nn1. The average Bonchev–Trinajstić information content (AvgIpc) is 3.17. The Hall–Kier alpha value is -3.55. The summed E-state index contributed by atoms with van der Waals surface area (Å²) in [5.74, 6) is -1.44. The number of aromatic nitrogens is 3. The van der Waals surface area contributed by atoms with Crippen LogP contribution in [0.5, 0.6) is 0 Å². The van der Waals surface area contributed by atoms with Crippen molar-refractivity contribution in [1.82, 2.24) is 19.9 Å². The fraction of sp³-hybridized carbons (Fsp3) is 0.200. The van der Waals surface area contributed by atoms with E-state index >= 15 is 0 Å². The molecule has 1 amide bonds. The fourth-order valence-electron chi connectivity index (χ4n) is 2.50. The maximum atomic E-state index is 12.9.